The van der Waals surface area contributed by atoms with Crippen LogP contribution in [0.5, 0.6) is 5.75 Å². The van der Waals surface area contributed by atoms with Crippen molar-refractivity contribution in [2.75, 3.05) is 6.61 Å². The van der Waals surface area contributed by atoms with Crippen molar-refractivity contribution >= 4 is 0 Å². The summed E-state index contributed by atoms with van der Waals surface area (Å²) in [6.45, 7) is 0.652. The predicted molar refractivity (Wildman–Crippen MR) is 72.6 cm³/mol. The van der Waals surface area contributed by atoms with Crippen LogP contribution in [0.4, 0.5) is 0 Å². The number of aromatic nitrogens is 2. The van der Waals surface area contributed by atoms with Gasteiger partial charge in [-0.25, -0.2) is 4.79 Å². The molecule has 1 N–H and O–H groups in total. The van der Waals surface area contributed by atoms with E-state index in [1.807, 2.05) is 12.1 Å². The summed E-state index contributed by atoms with van der Waals surface area (Å²) in [4.78, 5) is 24.5. The lowest BCUT2D eigenvalue weighted by Crippen LogP contribution is -2.30. The largest absolute Gasteiger partial charge is 0.492 e. The number of hydrogen-bond donors (Lipinski definition) is 1. The number of H-pyrrole nitrogens is 1. The number of ether oxygens (including phenoxy) is 1. The number of nitrogens with one attached hydrogen (secondary N) is 1. The van der Waals surface area contributed by atoms with E-state index in [9.17, 15) is 9.59 Å². The van der Waals surface area contributed by atoms with E-state index in [0.29, 0.717) is 25.3 Å². The Hall–Kier alpha value is -2.81. The molecule has 2 aromatic rings. The van der Waals surface area contributed by atoms with E-state index in [2.05, 4.69) is 11.1 Å². The summed E-state index contributed by atoms with van der Waals surface area (Å²) in [6, 6.07) is 10.6. The summed E-state index contributed by atoms with van der Waals surface area (Å²) in [5.41, 5.74) is 0.0578. The number of benzene rings is 1. The fourth-order valence-electron chi connectivity index (χ4n) is 1.68. The van der Waals surface area contributed by atoms with Crippen molar-refractivity contribution in [1.29, 1.82) is 5.26 Å². The van der Waals surface area contributed by atoms with Gasteiger partial charge < -0.3 is 4.74 Å². The molecule has 0 spiro atoms. The van der Waals surface area contributed by atoms with Gasteiger partial charge in [-0.2, -0.15) is 5.26 Å². The van der Waals surface area contributed by atoms with Gasteiger partial charge in [-0.15, -0.1) is 0 Å². The summed E-state index contributed by atoms with van der Waals surface area (Å²) in [6.07, 6.45) is 1.80. The molecule has 0 aliphatic heterocycles. The second-order valence-corrected chi connectivity index (χ2v) is 4.13. The standard InChI is InChI=1S/C14H13N3O3/c15-7-5-11-1-3-12(4-2-11)20-10-9-17-8-6-13(18)16-14(17)19/h1-4,6,8H,5,9-10H2,(H,16,18,19). The molecule has 20 heavy (non-hydrogen) atoms. The predicted octanol–water partition coefficient (Wildman–Crippen LogP) is 0.682. The van der Waals surface area contributed by atoms with Crippen LogP contribution >= 0.6 is 0 Å². The molecule has 0 bridgehead atoms. The van der Waals surface area contributed by atoms with E-state index in [-0.39, 0.29) is 0 Å². The van der Waals surface area contributed by atoms with Crippen LogP contribution in [0, 0.1) is 11.3 Å². The average Bonchev–Trinajstić information content (AvgIpc) is 2.43. The molecule has 1 aromatic heterocycles. The van der Waals surface area contributed by atoms with Crippen LogP contribution in [0.25, 0.3) is 0 Å². The summed E-state index contributed by atoms with van der Waals surface area (Å²) in [5.74, 6) is 0.671. The fourth-order valence-corrected chi connectivity index (χ4v) is 1.68. The Morgan fingerprint density at radius 2 is 1.95 bits per heavy atom. The minimum atomic E-state index is -0.453. The Morgan fingerprint density at radius 1 is 1.20 bits per heavy atom. The topological polar surface area (TPSA) is 87.9 Å². The fraction of sp³-hybridized carbons (Fsp3) is 0.214. The number of nitriles is 1. The van der Waals surface area contributed by atoms with Gasteiger partial charge in [-0.3, -0.25) is 14.3 Å². The zero-order valence-electron chi connectivity index (χ0n) is 10.7. The van der Waals surface area contributed by atoms with Crippen LogP contribution in [0.15, 0.2) is 46.1 Å². The quantitative estimate of drug-likeness (QED) is 0.866. The number of nitrogens with zero attached hydrogens (tertiary/aromatic N) is 2. The molecule has 0 amide bonds. The molecule has 0 radical (unpaired) electrons. The normalized spacial score (nSPS) is 9.95. The molecule has 0 saturated heterocycles. The summed E-state index contributed by atoms with van der Waals surface area (Å²) < 4.78 is 6.86. The highest BCUT2D eigenvalue weighted by molar-refractivity contribution is 5.28. The first-order valence-corrected chi connectivity index (χ1v) is 6.07. The van der Waals surface area contributed by atoms with Crippen LogP contribution in [0.1, 0.15) is 5.56 Å². The Kier molecular flexibility index (Phi) is 4.35. The summed E-state index contributed by atoms with van der Waals surface area (Å²) >= 11 is 0. The Morgan fingerprint density at radius 3 is 2.60 bits per heavy atom. The first-order valence-electron chi connectivity index (χ1n) is 6.07. The van der Waals surface area contributed by atoms with Gasteiger partial charge in [0.05, 0.1) is 19.0 Å². The van der Waals surface area contributed by atoms with Crippen LogP contribution in [-0.2, 0) is 13.0 Å². The maximum Gasteiger partial charge on any atom is 0.328 e. The first kappa shape index (κ1) is 13.6. The highest BCUT2D eigenvalue weighted by Gasteiger charge is 1.98. The molecule has 102 valence electrons. The average molecular weight is 271 g/mol. The monoisotopic (exact) mass is 271 g/mol. The maximum atomic E-state index is 11.4. The first-order chi connectivity index (χ1) is 9.69. The van der Waals surface area contributed by atoms with Crippen molar-refractivity contribution in [3.8, 4) is 11.8 Å². The van der Waals surface area contributed by atoms with Crippen molar-refractivity contribution in [2.24, 2.45) is 0 Å². The van der Waals surface area contributed by atoms with Crippen molar-refractivity contribution in [3.63, 3.8) is 0 Å². The number of rotatable bonds is 5. The molecule has 0 aliphatic rings. The third kappa shape index (κ3) is 3.59. The van der Waals surface area contributed by atoms with Crippen LogP contribution in [0.3, 0.4) is 0 Å². The van der Waals surface area contributed by atoms with E-state index in [1.54, 1.807) is 12.1 Å². The molecular weight excluding hydrogens is 258 g/mol. The Bertz CT molecular complexity index is 723. The Labute approximate surface area is 114 Å². The second-order valence-electron chi connectivity index (χ2n) is 4.13. The number of hydrogen-bond acceptors (Lipinski definition) is 4. The van der Waals surface area contributed by atoms with Gasteiger partial charge in [-0.1, -0.05) is 12.1 Å². The van der Waals surface area contributed by atoms with Gasteiger partial charge in [0.25, 0.3) is 5.56 Å². The molecule has 2 rings (SSSR count). The zero-order valence-corrected chi connectivity index (χ0v) is 10.7. The van der Waals surface area contributed by atoms with E-state index in [1.165, 1.54) is 16.8 Å². The van der Waals surface area contributed by atoms with Gasteiger partial charge in [0.2, 0.25) is 0 Å². The minimum Gasteiger partial charge on any atom is -0.492 e. The smallest absolute Gasteiger partial charge is 0.328 e. The highest BCUT2D eigenvalue weighted by atomic mass is 16.5. The molecule has 0 unspecified atom stereocenters. The van der Waals surface area contributed by atoms with Crippen molar-refractivity contribution in [1.82, 2.24) is 9.55 Å². The van der Waals surface area contributed by atoms with Gasteiger partial charge in [0, 0.05) is 12.3 Å². The Balaban J connectivity index is 1.91. The van der Waals surface area contributed by atoms with Crippen LogP contribution < -0.4 is 16.0 Å². The molecule has 0 saturated carbocycles. The minimum absolute atomic E-state index is 0.309. The van der Waals surface area contributed by atoms with Crippen LogP contribution in [0.2, 0.25) is 0 Å². The van der Waals surface area contributed by atoms with E-state index >= 15 is 0 Å². The third-order valence-corrected chi connectivity index (χ3v) is 2.70. The van der Waals surface area contributed by atoms with Gasteiger partial charge in [0.1, 0.15) is 12.4 Å². The molecule has 6 heteroatoms. The van der Waals surface area contributed by atoms with Gasteiger partial charge in [-0.05, 0) is 17.7 Å². The molecule has 6 nitrogen and oxygen atoms in total. The molecule has 0 atom stereocenters. The van der Waals surface area contributed by atoms with E-state index in [4.69, 9.17) is 10.00 Å². The highest BCUT2D eigenvalue weighted by Crippen LogP contribution is 2.12. The second kappa shape index (κ2) is 6.38. The molecule has 1 heterocycles. The zero-order chi connectivity index (χ0) is 14.4. The summed E-state index contributed by atoms with van der Waals surface area (Å²) in [5, 5.41) is 8.56. The lowest BCUT2D eigenvalue weighted by atomic mass is 10.2. The van der Waals surface area contributed by atoms with Gasteiger partial charge in [0.15, 0.2) is 0 Å². The third-order valence-electron chi connectivity index (χ3n) is 2.70. The van der Waals surface area contributed by atoms with Crippen molar-refractivity contribution in [3.05, 3.63) is 62.9 Å². The maximum absolute atomic E-state index is 11.4. The lowest BCUT2D eigenvalue weighted by molar-refractivity contribution is 0.295. The lowest BCUT2D eigenvalue weighted by Gasteiger charge is -2.08. The van der Waals surface area contributed by atoms with Gasteiger partial charge >= 0.3 is 5.69 Å². The van der Waals surface area contributed by atoms with Crippen molar-refractivity contribution < 1.29 is 4.74 Å². The summed E-state index contributed by atoms with van der Waals surface area (Å²) in [7, 11) is 0. The molecule has 0 fully saturated rings. The van der Waals surface area contributed by atoms with E-state index < -0.39 is 11.2 Å². The SMILES string of the molecule is N#CCc1ccc(OCCn2ccc(=O)[nH]c2=O)cc1. The number of aromatic amines is 1. The van der Waals surface area contributed by atoms with Crippen LogP contribution in [-0.4, -0.2) is 16.2 Å². The molecular formula is C14H13N3O3. The molecule has 0 aliphatic carbocycles. The molecule has 1 aromatic carbocycles. The van der Waals surface area contributed by atoms with E-state index in [0.717, 1.165) is 5.56 Å². The van der Waals surface area contributed by atoms with Crippen molar-refractivity contribution in [2.45, 2.75) is 13.0 Å².